The maximum atomic E-state index is 13.9. The molecular formula is C21H21F3N4O5S. The van der Waals surface area contributed by atoms with Crippen LogP contribution in [0.3, 0.4) is 0 Å². The monoisotopic (exact) mass is 498 g/mol. The highest BCUT2D eigenvalue weighted by molar-refractivity contribution is 7.87. The lowest BCUT2D eigenvalue weighted by atomic mass is 9.99. The fraction of sp³-hybridized carbons (Fsp3) is 0.286. The summed E-state index contributed by atoms with van der Waals surface area (Å²) >= 11 is 0. The van der Waals surface area contributed by atoms with Gasteiger partial charge in [-0.15, -0.1) is 0 Å². The van der Waals surface area contributed by atoms with Gasteiger partial charge < -0.3 is 4.74 Å². The van der Waals surface area contributed by atoms with Gasteiger partial charge in [0.05, 0.1) is 23.2 Å². The Balaban J connectivity index is 2.13. The number of carbonyl (C=O) groups is 1. The molecule has 0 aliphatic heterocycles. The molecule has 13 heteroatoms. The van der Waals surface area contributed by atoms with Crippen molar-refractivity contribution in [2.24, 2.45) is 5.14 Å². The van der Waals surface area contributed by atoms with Gasteiger partial charge in [-0.25, -0.2) is 15.0 Å². The largest absolute Gasteiger partial charge is 0.443 e. The van der Waals surface area contributed by atoms with Gasteiger partial charge in [0.15, 0.2) is 0 Å². The van der Waals surface area contributed by atoms with Crippen molar-refractivity contribution in [1.29, 1.82) is 0 Å². The Bertz CT molecular complexity index is 1410. The number of halogens is 3. The van der Waals surface area contributed by atoms with E-state index in [9.17, 15) is 31.2 Å². The molecule has 2 aromatic carbocycles. The normalized spacial score (nSPS) is 12.6. The number of alkyl halides is 3. The van der Waals surface area contributed by atoms with Crippen LogP contribution in [-0.4, -0.2) is 34.6 Å². The molecule has 9 nitrogen and oxygen atoms in total. The van der Waals surface area contributed by atoms with E-state index >= 15 is 0 Å². The van der Waals surface area contributed by atoms with Crippen molar-refractivity contribution >= 4 is 27.1 Å². The first kappa shape index (κ1) is 25.2. The molecule has 0 saturated heterocycles. The molecule has 1 aromatic heterocycles. The highest BCUT2D eigenvalue weighted by atomic mass is 32.2. The molecule has 1 heterocycles. The molecule has 3 N–H and O–H groups in total. The minimum Gasteiger partial charge on any atom is -0.443 e. The van der Waals surface area contributed by atoms with E-state index in [1.54, 1.807) is 18.2 Å². The van der Waals surface area contributed by atoms with Crippen LogP contribution in [0.15, 0.2) is 47.3 Å². The fourth-order valence-electron chi connectivity index (χ4n) is 3.19. The van der Waals surface area contributed by atoms with Gasteiger partial charge >= 0.3 is 22.5 Å². The number of fused-ring (bicyclic) bond motifs is 1. The quantitative estimate of drug-likeness (QED) is 0.565. The highest BCUT2D eigenvalue weighted by Crippen LogP contribution is 2.36. The molecule has 0 spiro atoms. The summed E-state index contributed by atoms with van der Waals surface area (Å²) in [7, 11) is -4.75. The molecule has 3 aromatic rings. The van der Waals surface area contributed by atoms with Crippen LogP contribution in [0.4, 0.5) is 18.0 Å². The lowest BCUT2D eigenvalue weighted by Crippen LogP contribution is -2.44. The predicted molar refractivity (Wildman–Crippen MR) is 118 cm³/mol. The minimum atomic E-state index is -4.92. The van der Waals surface area contributed by atoms with Gasteiger partial charge in [0.2, 0.25) is 0 Å². The van der Waals surface area contributed by atoms with E-state index in [1.807, 2.05) is 0 Å². The molecule has 182 valence electrons. The van der Waals surface area contributed by atoms with Crippen molar-refractivity contribution in [3.05, 3.63) is 63.9 Å². The van der Waals surface area contributed by atoms with Crippen LogP contribution in [0.25, 0.3) is 22.0 Å². The zero-order valence-corrected chi connectivity index (χ0v) is 19.1. The van der Waals surface area contributed by atoms with Crippen molar-refractivity contribution in [2.75, 3.05) is 0 Å². The number of hydrogen-bond acceptors (Lipinski definition) is 6. The standard InChI is InChI=1S/C21H21F3N4O5S/c1-20(2,3)33-19(30)28(34(25,31)32)11-13-9-8-12(10-16(13)21(22,23)24)17-14-6-4-5-7-15(14)18(29)27-26-17/h4-10H,11H2,1-3H3,(H,27,29)(H2,25,31,32). The first-order valence-corrected chi connectivity index (χ1v) is 11.3. The molecule has 0 unspecified atom stereocenters. The number of ether oxygens (including phenoxy) is 1. The zero-order valence-electron chi connectivity index (χ0n) is 18.3. The number of hydrogen-bond donors (Lipinski definition) is 2. The summed E-state index contributed by atoms with van der Waals surface area (Å²) in [6, 6.07) is 9.30. The molecule has 1 amide bonds. The van der Waals surface area contributed by atoms with Crippen molar-refractivity contribution in [3.63, 3.8) is 0 Å². The Hall–Kier alpha value is -3.45. The molecule has 0 saturated carbocycles. The van der Waals surface area contributed by atoms with Crippen molar-refractivity contribution in [2.45, 2.75) is 39.1 Å². The number of H-pyrrole nitrogens is 1. The topological polar surface area (TPSA) is 135 Å². The molecule has 0 aliphatic rings. The number of carbonyl (C=O) groups excluding carboxylic acids is 1. The van der Waals surface area contributed by atoms with Crippen LogP contribution in [0.1, 0.15) is 31.9 Å². The van der Waals surface area contributed by atoms with Crippen molar-refractivity contribution in [3.8, 4) is 11.3 Å². The summed E-state index contributed by atoms with van der Waals surface area (Å²) in [5.74, 6) is 0. The molecule has 34 heavy (non-hydrogen) atoms. The zero-order chi connectivity index (χ0) is 25.5. The van der Waals surface area contributed by atoms with E-state index in [4.69, 9.17) is 9.88 Å². The van der Waals surface area contributed by atoms with Crippen LogP contribution >= 0.6 is 0 Å². The number of nitrogens with one attached hydrogen (secondary N) is 1. The summed E-state index contributed by atoms with van der Waals surface area (Å²) in [4.78, 5) is 24.4. The van der Waals surface area contributed by atoms with Gasteiger partial charge in [-0.05, 0) is 38.5 Å². The van der Waals surface area contributed by atoms with E-state index in [2.05, 4.69) is 10.2 Å². The fourth-order valence-corrected chi connectivity index (χ4v) is 3.75. The van der Waals surface area contributed by atoms with Crippen molar-refractivity contribution in [1.82, 2.24) is 14.5 Å². The first-order valence-electron chi connectivity index (χ1n) is 9.79. The molecular weight excluding hydrogens is 477 g/mol. The number of rotatable bonds is 4. The summed E-state index contributed by atoms with van der Waals surface area (Å²) in [6.45, 7) is 3.37. The Morgan fingerprint density at radius 3 is 2.29 bits per heavy atom. The summed E-state index contributed by atoms with van der Waals surface area (Å²) in [5, 5.41) is 11.8. The number of aromatic amines is 1. The number of nitrogens with two attached hydrogens (primary N) is 1. The van der Waals surface area contributed by atoms with Crippen LogP contribution in [0.5, 0.6) is 0 Å². The van der Waals surface area contributed by atoms with Crippen LogP contribution in [-0.2, 0) is 27.7 Å². The van der Waals surface area contributed by atoms with Crippen molar-refractivity contribution < 1.29 is 31.1 Å². The third kappa shape index (κ3) is 5.54. The van der Waals surface area contributed by atoms with E-state index in [0.717, 1.165) is 12.1 Å². The summed E-state index contributed by atoms with van der Waals surface area (Å²) < 4.78 is 70.8. The second-order valence-electron chi connectivity index (χ2n) is 8.35. The van der Waals surface area contributed by atoms with Gasteiger partial charge in [-0.3, -0.25) is 4.79 Å². The minimum absolute atomic E-state index is 0.0166. The lowest BCUT2D eigenvalue weighted by Gasteiger charge is -2.26. The Morgan fingerprint density at radius 2 is 1.74 bits per heavy atom. The molecule has 0 fully saturated rings. The molecule has 0 aliphatic carbocycles. The van der Waals surface area contributed by atoms with Crippen LogP contribution < -0.4 is 10.7 Å². The lowest BCUT2D eigenvalue weighted by molar-refractivity contribution is -0.138. The maximum absolute atomic E-state index is 13.9. The summed E-state index contributed by atoms with van der Waals surface area (Å²) in [6.07, 6.45) is -6.33. The Labute approximate surface area is 192 Å². The molecule has 0 radical (unpaired) electrons. The van der Waals surface area contributed by atoms with Crippen LogP contribution in [0, 0.1) is 0 Å². The Kier molecular flexibility index (Phi) is 6.46. The van der Waals surface area contributed by atoms with E-state index in [-0.39, 0.29) is 20.9 Å². The van der Waals surface area contributed by atoms with E-state index in [0.29, 0.717) is 5.39 Å². The molecule has 0 atom stereocenters. The average Bonchev–Trinajstić information content (AvgIpc) is 2.70. The SMILES string of the molecule is CC(C)(C)OC(=O)N(Cc1ccc(-c2n[nH]c(=O)c3ccccc23)cc1C(F)(F)F)S(N)(=O)=O. The van der Waals surface area contributed by atoms with Gasteiger partial charge in [0, 0.05) is 10.9 Å². The molecule has 3 rings (SSSR count). The van der Waals surface area contributed by atoms with Gasteiger partial charge in [-0.1, -0.05) is 30.3 Å². The molecule has 0 bridgehead atoms. The van der Waals surface area contributed by atoms with Gasteiger partial charge in [0.25, 0.3) is 5.56 Å². The predicted octanol–water partition coefficient (Wildman–Crippen LogP) is 3.55. The van der Waals surface area contributed by atoms with Crippen LogP contribution in [0.2, 0.25) is 0 Å². The van der Waals surface area contributed by atoms with E-state index < -0.39 is 51.3 Å². The smallest absolute Gasteiger partial charge is 0.425 e. The first-order chi connectivity index (χ1) is 15.6. The number of benzene rings is 2. The Morgan fingerprint density at radius 1 is 1.12 bits per heavy atom. The summed E-state index contributed by atoms with van der Waals surface area (Å²) in [5.41, 5.74) is -3.27. The third-order valence-electron chi connectivity index (χ3n) is 4.60. The second kappa shape index (κ2) is 8.72. The number of amides is 1. The maximum Gasteiger partial charge on any atom is 0.425 e. The highest BCUT2D eigenvalue weighted by Gasteiger charge is 2.37. The third-order valence-corrected chi connectivity index (χ3v) is 5.50. The number of aromatic nitrogens is 2. The van der Waals surface area contributed by atoms with Gasteiger partial charge in [-0.2, -0.15) is 31.0 Å². The van der Waals surface area contributed by atoms with E-state index in [1.165, 1.54) is 32.9 Å². The van der Waals surface area contributed by atoms with Gasteiger partial charge in [0.1, 0.15) is 5.60 Å². The average molecular weight is 498 g/mol. The number of nitrogens with zero attached hydrogens (tertiary/aromatic N) is 2. The second-order valence-corrected chi connectivity index (χ2v) is 9.82.